The largest absolute Gasteiger partial charge is 0.398 e. The summed E-state index contributed by atoms with van der Waals surface area (Å²) in [6.07, 6.45) is 0. The van der Waals surface area contributed by atoms with Crippen molar-refractivity contribution >= 4 is 15.7 Å². The normalized spacial score (nSPS) is 13.3. The molecular formula is C12H17N3O2S. The zero-order valence-electron chi connectivity index (χ0n) is 10.7. The molecule has 1 atom stereocenters. The summed E-state index contributed by atoms with van der Waals surface area (Å²) in [6, 6.07) is 6.98. The number of aryl methyl sites for hydroxylation is 1. The smallest absolute Gasteiger partial charge is 0.245 e. The highest BCUT2D eigenvalue weighted by atomic mass is 32.2. The second-order valence-corrected chi connectivity index (χ2v) is 6.29. The summed E-state index contributed by atoms with van der Waals surface area (Å²) in [5.74, 6) is -0.366. The number of rotatable bonds is 4. The number of nitriles is 1. The van der Waals surface area contributed by atoms with E-state index in [4.69, 9.17) is 11.0 Å². The van der Waals surface area contributed by atoms with Crippen LogP contribution >= 0.6 is 0 Å². The lowest BCUT2D eigenvalue weighted by Crippen LogP contribution is -2.31. The average molecular weight is 267 g/mol. The Morgan fingerprint density at radius 2 is 2.11 bits per heavy atom. The van der Waals surface area contributed by atoms with Crippen molar-refractivity contribution in [2.75, 3.05) is 19.3 Å². The van der Waals surface area contributed by atoms with Gasteiger partial charge in [-0.15, -0.1) is 0 Å². The molecule has 0 spiro atoms. The number of nitrogens with two attached hydrogens (primary N) is 1. The van der Waals surface area contributed by atoms with E-state index in [1.54, 1.807) is 32.0 Å². The standard InChI is InChI=1S/C12H17N3O2S/c1-9(7-13)8-15(3)18(16,17)12-10(2)5-4-6-11(12)14/h4-6,9H,8,14H2,1-3H3. The molecule has 1 rings (SSSR count). The van der Waals surface area contributed by atoms with Gasteiger partial charge in [0.05, 0.1) is 17.7 Å². The van der Waals surface area contributed by atoms with Crippen molar-refractivity contribution in [2.45, 2.75) is 18.7 Å². The van der Waals surface area contributed by atoms with Gasteiger partial charge in [0.25, 0.3) is 0 Å². The summed E-state index contributed by atoms with van der Waals surface area (Å²) < 4.78 is 25.9. The second-order valence-electron chi connectivity index (χ2n) is 4.31. The van der Waals surface area contributed by atoms with E-state index in [0.29, 0.717) is 5.56 Å². The lowest BCUT2D eigenvalue weighted by atomic mass is 10.2. The first kappa shape index (κ1) is 14.5. The van der Waals surface area contributed by atoms with E-state index in [9.17, 15) is 8.42 Å². The highest BCUT2D eigenvalue weighted by Gasteiger charge is 2.26. The molecule has 0 aliphatic rings. The van der Waals surface area contributed by atoms with Gasteiger partial charge in [-0.2, -0.15) is 9.57 Å². The molecule has 0 saturated carbocycles. The number of nitrogens with zero attached hydrogens (tertiary/aromatic N) is 2. The highest BCUT2D eigenvalue weighted by molar-refractivity contribution is 7.89. The summed E-state index contributed by atoms with van der Waals surface area (Å²) in [5, 5.41) is 8.73. The molecule has 6 heteroatoms. The molecule has 1 aromatic carbocycles. The quantitative estimate of drug-likeness (QED) is 0.834. The van der Waals surface area contributed by atoms with Crippen molar-refractivity contribution in [1.82, 2.24) is 4.31 Å². The van der Waals surface area contributed by atoms with E-state index in [2.05, 4.69) is 0 Å². The van der Waals surface area contributed by atoms with Gasteiger partial charge in [0, 0.05) is 13.6 Å². The van der Waals surface area contributed by atoms with Gasteiger partial charge in [-0.1, -0.05) is 12.1 Å². The van der Waals surface area contributed by atoms with E-state index in [0.717, 1.165) is 0 Å². The first-order chi connectivity index (χ1) is 8.30. The number of sulfonamides is 1. The summed E-state index contributed by atoms with van der Waals surface area (Å²) in [4.78, 5) is 0.123. The molecular weight excluding hydrogens is 250 g/mol. The van der Waals surface area contributed by atoms with E-state index in [-0.39, 0.29) is 23.0 Å². The predicted octanol–water partition coefficient (Wildman–Crippen LogP) is 1.36. The first-order valence-electron chi connectivity index (χ1n) is 5.51. The van der Waals surface area contributed by atoms with Crippen molar-refractivity contribution in [3.05, 3.63) is 23.8 Å². The van der Waals surface area contributed by atoms with Gasteiger partial charge in [-0.05, 0) is 25.5 Å². The molecule has 0 aliphatic heterocycles. The third-order valence-electron chi connectivity index (χ3n) is 2.66. The van der Waals surface area contributed by atoms with Gasteiger partial charge in [-0.3, -0.25) is 0 Å². The molecule has 0 amide bonds. The number of nitrogen functional groups attached to an aromatic ring is 1. The summed E-state index contributed by atoms with van der Waals surface area (Å²) in [6.45, 7) is 3.52. The Morgan fingerprint density at radius 3 is 2.61 bits per heavy atom. The summed E-state index contributed by atoms with van der Waals surface area (Å²) >= 11 is 0. The fourth-order valence-corrected chi connectivity index (χ4v) is 3.28. The highest BCUT2D eigenvalue weighted by Crippen LogP contribution is 2.25. The zero-order chi connectivity index (χ0) is 13.9. The lowest BCUT2D eigenvalue weighted by Gasteiger charge is -2.20. The lowest BCUT2D eigenvalue weighted by molar-refractivity contribution is 0.439. The molecule has 1 unspecified atom stereocenters. The van der Waals surface area contributed by atoms with Crippen LogP contribution in [-0.2, 0) is 10.0 Å². The molecule has 0 heterocycles. The van der Waals surface area contributed by atoms with Crippen LogP contribution in [0.3, 0.4) is 0 Å². The molecule has 5 nitrogen and oxygen atoms in total. The maximum atomic E-state index is 12.4. The average Bonchev–Trinajstić information content (AvgIpc) is 2.28. The van der Waals surface area contributed by atoms with Crippen molar-refractivity contribution in [1.29, 1.82) is 5.26 Å². The molecule has 0 bridgehead atoms. The molecule has 1 aromatic rings. The maximum Gasteiger partial charge on any atom is 0.245 e. The Balaban J connectivity index is 3.19. The minimum atomic E-state index is -3.65. The Hall–Kier alpha value is -1.58. The van der Waals surface area contributed by atoms with Gasteiger partial charge in [0.1, 0.15) is 4.90 Å². The number of anilines is 1. The molecule has 0 radical (unpaired) electrons. The van der Waals surface area contributed by atoms with Crippen molar-refractivity contribution in [3.63, 3.8) is 0 Å². The van der Waals surface area contributed by atoms with Crippen LogP contribution in [-0.4, -0.2) is 26.3 Å². The summed E-state index contributed by atoms with van der Waals surface area (Å²) in [7, 11) is -2.19. The minimum Gasteiger partial charge on any atom is -0.398 e. The third-order valence-corrected chi connectivity index (χ3v) is 4.71. The number of hydrogen-bond donors (Lipinski definition) is 1. The van der Waals surface area contributed by atoms with Gasteiger partial charge in [0.15, 0.2) is 0 Å². The fraction of sp³-hybridized carbons (Fsp3) is 0.417. The maximum absolute atomic E-state index is 12.4. The third kappa shape index (κ3) is 2.81. The molecule has 0 aromatic heterocycles. The predicted molar refractivity (Wildman–Crippen MR) is 70.2 cm³/mol. The Labute approximate surface area is 108 Å². The van der Waals surface area contributed by atoms with Crippen LogP contribution < -0.4 is 5.73 Å². The molecule has 0 fully saturated rings. The van der Waals surface area contributed by atoms with Crippen molar-refractivity contribution in [2.24, 2.45) is 5.92 Å². The zero-order valence-corrected chi connectivity index (χ0v) is 11.5. The Kier molecular flexibility index (Phi) is 4.33. The Morgan fingerprint density at radius 1 is 1.50 bits per heavy atom. The van der Waals surface area contributed by atoms with E-state index >= 15 is 0 Å². The Bertz CT molecular complexity index is 555. The van der Waals surface area contributed by atoms with Gasteiger partial charge in [0.2, 0.25) is 10.0 Å². The van der Waals surface area contributed by atoms with Crippen molar-refractivity contribution in [3.8, 4) is 6.07 Å². The van der Waals surface area contributed by atoms with E-state index in [1.807, 2.05) is 6.07 Å². The minimum absolute atomic E-state index is 0.123. The van der Waals surface area contributed by atoms with Crippen LogP contribution in [0.1, 0.15) is 12.5 Å². The molecule has 0 saturated heterocycles. The van der Waals surface area contributed by atoms with Gasteiger partial charge in [-0.25, -0.2) is 8.42 Å². The monoisotopic (exact) mass is 267 g/mol. The molecule has 98 valence electrons. The van der Waals surface area contributed by atoms with Crippen LogP contribution in [0.4, 0.5) is 5.69 Å². The van der Waals surface area contributed by atoms with Crippen LogP contribution in [0.5, 0.6) is 0 Å². The van der Waals surface area contributed by atoms with Gasteiger partial charge >= 0.3 is 0 Å². The van der Waals surface area contributed by atoms with Crippen molar-refractivity contribution < 1.29 is 8.42 Å². The molecule has 2 N–H and O–H groups in total. The fourth-order valence-electron chi connectivity index (χ4n) is 1.71. The molecule has 18 heavy (non-hydrogen) atoms. The molecule has 0 aliphatic carbocycles. The van der Waals surface area contributed by atoms with Gasteiger partial charge < -0.3 is 5.73 Å². The van der Waals surface area contributed by atoms with E-state index < -0.39 is 10.0 Å². The number of benzene rings is 1. The topological polar surface area (TPSA) is 87.2 Å². The number of hydrogen-bond acceptors (Lipinski definition) is 4. The SMILES string of the molecule is Cc1cccc(N)c1S(=O)(=O)N(C)CC(C)C#N. The van der Waals surface area contributed by atoms with Crippen LogP contribution in [0, 0.1) is 24.2 Å². The first-order valence-corrected chi connectivity index (χ1v) is 6.95. The second kappa shape index (κ2) is 5.38. The van der Waals surface area contributed by atoms with Crippen LogP contribution in [0.2, 0.25) is 0 Å². The van der Waals surface area contributed by atoms with E-state index in [1.165, 1.54) is 11.4 Å². The van der Waals surface area contributed by atoms with Crippen LogP contribution in [0.25, 0.3) is 0 Å². The summed E-state index contributed by atoms with van der Waals surface area (Å²) in [5.41, 5.74) is 6.57. The van der Waals surface area contributed by atoms with Crippen LogP contribution in [0.15, 0.2) is 23.1 Å².